The predicted molar refractivity (Wildman–Crippen MR) is 48.8 cm³/mol. The van der Waals surface area contributed by atoms with Gasteiger partial charge in [-0.2, -0.15) is 0 Å². The molecule has 10 heavy (non-hydrogen) atoms. The van der Waals surface area contributed by atoms with Crippen LogP contribution in [0.25, 0.3) is 0 Å². The number of rotatable bonds is 1. The van der Waals surface area contributed by atoms with Crippen molar-refractivity contribution in [1.82, 2.24) is 0 Å². The van der Waals surface area contributed by atoms with Crippen molar-refractivity contribution in [2.24, 2.45) is 0 Å². The van der Waals surface area contributed by atoms with E-state index >= 15 is 0 Å². The van der Waals surface area contributed by atoms with Gasteiger partial charge >= 0.3 is 0 Å². The lowest BCUT2D eigenvalue weighted by Crippen LogP contribution is -1.90. The van der Waals surface area contributed by atoms with Gasteiger partial charge in [0.15, 0.2) is 5.78 Å². The molecule has 0 aliphatic rings. The van der Waals surface area contributed by atoms with E-state index in [0.29, 0.717) is 5.56 Å². The summed E-state index contributed by atoms with van der Waals surface area (Å²) in [6, 6.07) is 7.33. The molecule has 1 radical (unpaired) electrons. The summed E-state index contributed by atoms with van der Waals surface area (Å²) in [4.78, 5) is 10.6. The number of ketones is 1. The summed E-state index contributed by atoms with van der Waals surface area (Å²) in [5, 5.41) is 0. The van der Waals surface area contributed by atoms with Crippen molar-refractivity contribution in [3.63, 3.8) is 0 Å². The predicted octanol–water partition coefficient (Wildman–Crippen LogP) is 2.31. The average Bonchev–Trinajstić information content (AvgIpc) is 1.88. The van der Waals surface area contributed by atoms with E-state index in [9.17, 15) is 4.79 Å². The molecule has 0 aliphatic carbocycles. The SMILES string of the molecule is [CH2]C(=O)c1ccc(I)cc1. The molecule has 0 unspecified atom stereocenters. The third kappa shape index (κ3) is 1.80. The Kier molecular flexibility index (Phi) is 2.43. The summed E-state index contributed by atoms with van der Waals surface area (Å²) in [6.45, 7) is 3.30. The summed E-state index contributed by atoms with van der Waals surface area (Å²) >= 11 is 2.19. The second-order valence-electron chi connectivity index (χ2n) is 1.93. The Labute approximate surface area is 73.6 Å². The van der Waals surface area contributed by atoms with Crippen molar-refractivity contribution in [2.75, 3.05) is 0 Å². The van der Waals surface area contributed by atoms with Crippen LogP contribution in [0.3, 0.4) is 0 Å². The van der Waals surface area contributed by atoms with Gasteiger partial charge in [-0.15, -0.1) is 0 Å². The smallest absolute Gasteiger partial charge is 0.163 e. The quantitative estimate of drug-likeness (QED) is 0.548. The van der Waals surface area contributed by atoms with Gasteiger partial charge in [-0.3, -0.25) is 4.79 Å². The van der Waals surface area contributed by atoms with Crippen LogP contribution in [0.15, 0.2) is 24.3 Å². The zero-order valence-corrected chi connectivity index (χ0v) is 7.46. The van der Waals surface area contributed by atoms with Crippen LogP contribution in [-0.4, -0.2) is 5.78 Å². The normalized spacial score (nSPS) is 9.40. The van der Waals surface area contributed by atoms with E-state index in [0.717, 1.165) is 3.57 Å². The number of benzene rings is 1. The van der Waals surface area contributed by atoms with E-state index in [1.807, 2.05) is 12.1 Å². The van der Waals surface area contributed by atoms with Crippen LogP contribution in [0.1, 0.15) is 10.4 Å². The van der Waals surface area contributed by atoms with Crippen molar-refractivity contribution in [3.8, 4) is 0 Å². The van der Waals surface area contributed by atoms with Crippen molar-refractivity contribution in [2.45, 2.75) is 0 Å². The van der Waals surface area contributed by atoms with E-state index < -0.39 is 0 Å². The molecule has 0 amide bonds. The summed E-state index contributed by atoms with van der Waals surface area (Å²) in [7, 11) is 0. The number of carbonyl (C=O) groups is 1. The molecule has 0 fully saturated rings. The molecule has 0 N–H and O–H groups in total. The van der Waals surface area contributed by atoms with E-state index in [4.69, 9.17) is 0 Å². The number of carbonyl (C=O) groups excluding carboxylic acids is 1. The van der Waals surface area contributed by atoms with Crippen LogP contribution in [0.2, 0.25) is 0 Å². The van der Waals surface area contributed by atoms with Gasteiger partial charge < -0.3 is 0 Å². The Morgan fingerprint density at radius 2 is 1.80 bits per heavy atom. The third-order valence-electron chi connectivity index (χ3n) is 1.17. The first-order valence-corrected chi connectivity index (χ1v) is 3.90. The fourth-order valence-corrected chi connectivity index (χ4v) is 0.995. The highest BCUT2D eigenvalue weighted by Gasteiger charge is 1.95. The molecule has 1 aromatic carbocycles. The summed E-state index contributed by atoms with van der Waals surface area (Å²) in [6.07, 6.45) is 0. The third-order valence-corrected chi connectivity index (χ3v) is 1.89. The van der Waals surface area contributed by atoms with Gasteiger partial charge in [-0.25, -0.2) is 0 Å². The maximum Gasteiger partial charge on any atom is 0.163 e. The summed E-state index contributed by atoms with van der Waals surface area (Å²) in [5.74, 6) is -0.128. The molecule has 0 aliphatic heterocycles. The maximum absolute atomic E-state index is 10.6. The van der Waals surface area contributed by atoms with E-state index in [1.54, 1.807) is 12.1 Å². The minimum atomic E-state index is -0.128. The zero-order chi connectivity index (χ0) is 7.56. The number of Topliss-reactive ketones (excluding diaryl/α,β-unsaturated/α-hetero) is 1. The molecule has 0 aromatic heterocycles. The minimum absolute atomic E-state index is 0.128. The number of hydrogen-bond donors (Lipinski definition) is 0. The molecule has 0 atom stereocenters. The topological polar surface area (TPSA) is 17.1 Å². The monoisotopic (exact) mass is 245 g/mol. The molecule has 1 rings (SSSR count). The van der Waals surface area contributed by atoms with Gasteiger partial charge in [0.2, 0.25) is 0 Å². The Balaban J connectivity index is 3.00. The van der Waals surface area contributed by atoms with Gasteiger partial charge in [0.1, 0.15) is 0 Å². The van der Waals surface area contributed by atoms with E-state index in [1.165, 1.54) is 0 Å². The van der Waals surface area contributed by atoms with E-state index in [-0.39, 0.29) is 5.78 Å². The lowest BCUT2D eigenvalue weighted by Gasteiger charge is -1.92. The van der Waals surface area contributed by atoms with Crippen LogP contribution < -0.4 is 0 Å². The highest BCUT2D eigenvalue weighted by Crippen LogP contribution is 2.06. The Hall–Kier alpha value is -0.380. The lowest BCUT2D eigenvalue weighted by atomic mass is 10.2. The molecule has 0 heterocycles. The Morgan fingerprint density at radius 1 is 1.30 bits per heavy atom. The van der Waals surface area contributed by atoms with Crippen molar-refractivity contribution < 1.29 is 4.79 Å². The first-order chi connectivity index (χ1) is 4.70. The molecular weight excluding hydrogens is 239 g/mol. The lowest BCUT2D eigenvalue weighted by molar-refractivity contribution is 0.104. The molecule has 1 aromatic rings. The number of halogens is 1. The first kappa shape index (κ1) is 7.72. The molecule has 0 spiro atoms. The standard InChI is InChI=1S/C8H6IO/c1-6(10)7-2-4-8(9)5-3-7/h2-5H,1H2. The summed E-state index contributed by atoms with van der Waals surface area (Å²) in [5.41, 5.74) is 0.667. The second-order valence-corrected chi connectivity index (χ2v) is 3.18. The van der Waals surface area contributed by atoms with Crippen molar-refractivity contribution >= 4 is 28.4 Å². The van der Waals surface area contributed by atoms with Crippen molar-refractivity contribution in [1.29, 1.82) is 0 Å². The van der Waals surface area contributed by atoms with Gasteiger partial charge in [-0.05, 0) is 34.7 Å². The average molecular weight is 245 g/mol. The van der Waals surface area contributed by atoms with Crippen LogP contribution in [0.5, 0.6) is 0 Å². The fraction of sp³-hybridized carbons (Fsp3) is 0. The Bertz CT molecular complexity index is 238. The van der Waals surface area contributed by atoms with Gasteiger partial charge in [0.05, 0.1) is 0 Å². The van der Waals surface area contributed by atoms with Crippen LogP contribution >= 0.6 is 22.6 Å². The van der Waals surface area contributed by atoms with Gasteiger partial charge in [0.25, 0.3) is 0 Å². The molecule has 2 heteroatoms. The first-order valence-electron chi connectivity index (χ1n) is 2.82. The fourth-order valence-electron chi connectivity index (χ4n) is 0.636. The van der Waals surface area contributed by atoms with Crippen LogP contribution in [0, 0.1) is 10.5 Å². The summed E-state index contributed by atoms with van der Waals surface area (Å²) < 4.78 is 1.13. The maximum atomic E-state index is 10.6. The molecule has 1 nitrogen and oxygen atoms in total. The highest BCUT2D eigenvalue weighted by molar-refractivity contribution is 14.1. The molecule has 0 saturated heterocycles. The van der Waals surface area contributed by atoms with Crippen LogP contribution in [0.4, 0.5) is 0 Å². The van der Waals surface area contributed by atoms with Gasteiger partial charge in [0, 0.05) is 16.1 Å². The highest BCUT2D eigenvalue weighted by atomic mass is 127. The minimum Gasteiger partial charge on any atom is -0.294 e. The van der Waals surface area contributed by atoms with E-state index in [2.05, 4.69) is 29.5 Å². The van der Waals surface area contributed by atoms with Gasteiger partial charge in [-0.1, -0.05) is 12.1 Å². The largest absolute Gasteiger partial charge is 0.294 e. The molecule has 51 valence electrons. The molecule has 0 bridgehead atoms. The van der Waals surface area contributed by atoms with Crippen LogP contribution in [-0.2, 0) is 0 Å². The zero-order valence-electron chi connectivity index (χ0n) is 5.30. The molecular formula is C8H6IO. The number of hydrogen-bond acceptors (Lipinski definition) is 1. The Morgan fingerprint density at radius 3 is 2.20 bits per heavy atom. The van der Waals surface area contributed by atoms with Crippen molar-refractivity contribution in [3.05, 3.63) is 40.3 Å². The second kappa shape index (κ2) is 3.14. The molecule has 0 saturated carbocycles.